The Kier molecular flexibility index (Phi) is 6.16. The number of rotatable bonds is 4. The van der Waals surface area contributed by atoms with Gasteiger partial charge in [-0.25, -0.2) is 4.79 Å². The number of anilines is 1. The molecular weight excluding hydrogens is 368 g/mol. The third-order valence-electron chi connectivity index (χ3n) is 4.76. The molecule has 27 heavy (non-hydrogen) atoms. The lowest BCUT2D eigenvalue weighted by Gasteiger charge is -2.35. The second kappa shape index (κ2) is 8.39. The molecule has 0 aromatic carbocycles. The van der Waals surface area contributed by atoms with Gasteiger partial charge in [-0.05, 0) is 45.1 Å². The zero-order valence-electron chi connectivity index (χ0n) is 16.0. The first-order valence-corrected chi connectivity index (χ1v) is 10.2. The third-order valence-corrected chi connectivity index (χ3v) is 5.97. The minimum atomic E-state index is -0.541. The van der Waals surface area contributed by atoms with Crippen LogP contribution in [0.15, 0.2) is 0 Å². The van der Waals surface area contributed by atoms with Crippen molar-refractivity contribution < 1.29 is 23.9 Å². The summed E-state index contributed by atoms with van der Waals surface area (Å²) in [6.45, 7) is 5.93. The van der Waals surface area contributed by atoms with Gasteiger partial charge in [-0.15, -0.1) is 11.3 Å². The summed E-state index contributed by atoms with van der Waals surface area (Å²) in [7, 11) is 0. The van der Waals surface area contributed by atoms with Gasteiger partial charge in [0.1, 0.15) is 5.00 Å². The number of morpholine rings is 1. The van der Waals surface area contributed by atoms with Crippen molar-refractivity contribution in [2.75, 3.05) is 25.0 Å². The molecule has 1 aromatic rings. The summed E-state index contributed by atoms with van der Waals surface area (Å²) in [5.74, 6) is -0.994. The predicted molar refractivity (Wildman–Crippen MR) is 102 cm³/mol. The van der Waals surface area contributed by atoms with Gasteiger partial charge in [0.15, 0.2) is 6.61 Å². The van der Waals surface area contributed by atoms with Gasteiger partial charge in [0.25, 0.3) is 5.91 Å². The van der Waals surface area contributed by atoms with E-state index in [2.05, 4.69) is 5.32 Å². The molecular formula is C19H26N2O5S. The SMILES string of the molecule is CC(=O)Nc1sc2c(c1C(=O)OCC(=O)N1C[C@@H](C)O[C@@H](C)C1)CCCC2. The van der Waals surface area contributed by atoms with Gasteiger partial charge in [-0.1, -0.05) is 0 Å². The standard InChI is InChI=1S/C19H26N2O5S/c1-11-8-21(9-12(2)26-11)16(23)10-25-19(24)17-14-6-4-5-7-15(14)27-18(17)20-13(3)22/h11-12H,4-10H2,1-3H3,(H,20,22)/t11-,12+. The summed E-state index contributed by atoms with van der Waals surface area (Å²) < 4.78 is 11.0. The van der Waals surface area contributed by atoms with E-state index in [1.54, 1.807) is 4.90 Å². The molecule has 148 valence electrons. The van der Waals surface area contributed by atoms with Crippen molar-refractivity contribution in [1.29, 1.82) is 0 Å². The zero-order valence-corrected chi connectivity index (χ0v) is 16.8. The number of thiophene rings is 1. The summed E-state index contributed by atoms with van der Waals surface area (Å²) in [5.41, 5.74) is 1.38. The Morgan fingerprint density at radius 2 is 1.85 bits per heavy atom. The molecule has 0 spiro atoms. The third kappa shape index (κ3) is 4.68. The van der Waals surface area contributed by atoms with Crippen molar-refractivity contribution >= 4 is 34.1 Å². The Balaban J connectivity index is 1.69. The summed E-state index contributed by atoms with van der Waals surface area (Å²) in [6, 6.07) is 0. The summed E-state index contributed by atoms with van der Waals surface area (Å²) in [6.07, 6.45) is 3.71. The molecule has 7 nitrogen and oxygen atoms in total. The maximum atomic E-state index is 12.7. The number of hydrogen-bond donors (Lipinski definition) is 1. The number of nitrogens with one attached hydrogen (secondary N) is 1. The van der Waals surface area contributed by atoms with Crippen LogP contribution in [0.3, 0.4) is 0 Å². The highest BCUT2D eigenvalue weighted by molar-refractivity contribution is 7.17. The van der Waals surface area contributed by atoms with Crippen molar-refractivity contribution in [2.45, 2.75) is 58.7 Å². The lowest BCUT2D eigenvalue weighted by Crippen LogP contribution is -2.49. The Labute approximate surface area is 163 Å². The summed E-state index contributed by atoms with van der Waals surface area (Å²) in [4.78, 5) is 39.5. The molecule has 2 atom stereocenters. The second-order valence-electron chi connectivity index (χ2n) is 7.23. The van der Waals surface area contributed by atoms with Crippen molar-refractivity contribution in [3.63, 3.8) is 0 Å². The van der Waals surface area contributed by atoms with Gasteiger partial charge in [0, 0.05) is 24.9 Å². The van der Waals surface area contributed by atoms with Crippen molar-refractivity contribution in [3.05, 3.63) is 16.0 Å². The molecule has 3 rings (SSSR count). The molecule has 0 radical (unpaired) electrons. The highest BCUT2D eigenvalue weighted by Gasteiger charge is 2.29. The molecule has 2 heterocycles. The first kappa shape index (κ1) is 19.8. The summed E-state index contributed by atoms with van der Waals surface area (Å²) in [5, 5.41) is 3.27. The van der Waals surface area contributed by atoms with E-state index >= 15 is 0 Å². The predicted octanol–water partition coefficient (Wildman–Crippen LogP) is 2.38. The number of esters is 1. The van der Waals surface area contributed by atoms with Crippen molar-refractivity contribution in [3.8, 4) is 0 Å². The van der Waals surface area contributed by atoms with E-state index in [9.17, 15) is 14.4 Å². The highest BCUT2D eigenvalue weighted by Crippen LogP contribution is 2.38. The van der Waals surface area contributed by atoms with Crippen molar-refractivity contribution in [2.24, 2.45) is 0 Å². The fourth-order valence-electron chi connectivity index (χ4n) is 3.70. The molecule has 1 aliphatic heterocycles. The molecule has 2 aliphatic rings. The molecule has 0 unspecified atom stereocenters. The highest BCUT2D eigenvalue weighted by atomic mass is 32.1. The Morgan fingerprint density at radius 3 is 2.52 bits per heavy atom. The van der Waals surface area contributed by atoms with Crippen LogP contribution < -0.4 is 5.32 Å². The zero-order chi connectivity index (χ0) is 19.6. The monoisotopic (exact) mass is 394 g/mol. The van der Waals surface area contributed by atoms with Crippen LogP contribution in [-0.2, 0) is 31.9 Å². The molecule has 1 saturated heterocycles. The van der Waals surface area contributed by atoms with Crippen LogP contribution in [-0.4, -0.2) is 54.6 Å². The largest absolute Gasteiger partial charge is 0.452 e. The number of hydrogen-bond acceptors (Lipinski definition) is 6. The molecule has 2 amide bonds. The number of nitrogens with zero attached hydrogens (tertiary/aromatic N) is 1. The van der Waals surface area contributed by atoms with Crippen LogP contribution in [0.1, 0.15) is 54.4 Å². The molecule has 0 bridgehead atoms. The Hall–Kier alpha value is -1.93. The Morgan fingerprint density at radius 1 is 1.19 bits per heavy atom. The number of fused-ring (bicyclic) bond motifs is 1. The molecule has 8 heteroatoms. The van der Waals surface area contributed by atoms with E-state index < -0.39 is 5.97 Å². The number of carbonyl (C=O) groups excluding carboxylic acids is 3. The van der Waals surface area contributed by atoms with Crippen molar-refractivity contribution in [1.82, 2.24) is 4.90 Å². The van der Waals surface area contributed by atoms with E-state index in [0.29, 0.717) is 23.7 Å². The van der Waals surface area contributed by atoms with Crippen LogP contribution in [0, 0.1) is 0 Å². The molecule has 0 saturated carbocycles. The van der Waals surface area contributed by atoms with E-state index in [4.69, 9.17) is 9.47 Å². The van der Waals surface area contributed by atoms with Crippen LogP contribution in [0.4, 0.5) is 5.00 Å². The van der Waals surface area contributed by atoms with E-state index in [1.807, 2.05) is 13.8 Å². The quantitative estimate of drug-likeness (QED) is 0.793. The fourth-order valence-corrected chi connectivity index (χ4v) is 5.03. The first-order chi connectivity index (χ1) is 12.8. The second-order valence-corrected chi connectivity index (χ2v) is 8.33. The summed E-state index contributed by atoms with van der Waals surface area (Å²) >= 11 is 1.44. The average Bonchev–Trinajstić information content (AvgIpc) is 2.95. The number of carbonyl (C=O) groups is 3. The Bertz CT molecular complexity index is 735. The van der Waals surface area contributed by atoms with Crippen LogP contribution in [0.5, 0.6) is 0 Å². The smallest absolute Gasteiger partial charge is 0.341 e. The molecule has 1 fully saturated rings. The topological polar surface area (TPSA) is 84.9 Å². The van der Waals surface area contributed by atoms with Crippen LogP contribution >= 0.6 is 11.3 Å². The van der Waals surface area contributed by atoms with Crippen LogP contribution in [0.2, 0.25) is 0 Å². The minimum Gasteiger partial charge on any atom is -0.452 e. The van der Waals surface area contributed by atoms with Gasteiger partial charge in [-0.3, -0.25) is 9.59 Å². The maximum Gasteiger partial charge on any atom is 0.341 e. The van der Waals surface area contributed by atoms with Gasteiger partial charge >= 0.3 is 5.97 Å². The normalized spacial score (nSPS) is 22.1. The number of aryl methyl sites for hydroxylation is 1. The minimum absolute atomic E-state index is 0.0383. The first-order valence-electron chi connectivity index (χ1n) is 9.37. The molecule has 1 aromatic heterocycles. The maximum absolute atomic E-state index is 12.7. The van der Waals surface area contributed by atoms with Gasteiger partial charge in [-0.2, -0.15) is 0 Å². The van der Waals surface area contributed by atoms with E-state index in [1.165, 1.54) is 18.3 Å². The lowest BCUT2D eigenvalue weighted by atomic mass is 9.95. The van der Waals surface area contributed by atoms with Gasteiger partial charge in [0.05, 0.1) is 17.8 Å². The molecule has 1 N–H and O–H groups in total. The lowest BCUT2D eigenvalue weighted by molar-refractivity contribution is -0.146. The number of amides is 2. The van der Waals surface area contributed by atoms with E-state index in [-0.39, 0.29) is 30.6 Å². The number of ether oxygens (including phenoxy) is 2. The average molecular weight is 394 g/mol. The van der Waals surface area contributed by atoms with Gasteiger partial charge < -0.3 is 19.7 Å². The van der Waals surface area contributed by atoms with E-state index in [0.717, 1.165) is 36.1 Å². The molecule has 1 aliphatic carbocycles. The fraction of sp³-hybridized carbons (Fsp3) is 0.632. The van der Waals surface area contributed by atoms with Gasteiger partial charge in [0.2, 0.25) is 5.91 Å². The van der Waals surface area contributed by atoms with Crippen LogP contribution in [0.25, 0.3) is 0 Å².